The topological polar surface area (TPSA) is 71.5 Å². The first-order chi connectivity index (χ1) is 8.69. The van der Waals surface area contributed by atoms with E-state index < -0.39 is 0 Å². The zero-order valence-corrected chi connectivity index (χ0v) is 10.8. The summed E-state index contributed by atoms with van der Waals surface area (Å²) in [6.45, 7) is 1.83. The molecule has 1 amide bonds. The van der Waals surface area contributed by atoms with Crippen LogP contribution in [0.3, 0.4) is 0 Å². The Morgan fingerprint density at radius 2 is 2.22 bits per heavy atom. The van der Waals surface area contributed by atoms with Gasteiger partial charge in [-0.05, 0) is 37.9 Å². The van der Waals surface area contributed by atoms with Gasteiger partial charge in [-0.1, -0.05) is 12.8 Å². The number of carbonyl (C=O) groups is 1. The van der Waals surface area contributed by atoms with E-state index in [4.69, 9.17) is 10.3 Å². The zero-order chi connectivity index (χ0) is 13.0. The molecule has 1 aliphatic rings. The highest BCUT2D eigenvalue weighted by Crippen LogP contribution is 2.25. The second-order valence-electron chi connectivity index (χ2n) is 5.09. The minimum absolute atomic E-state index is 0.266. The molecule has 1 aliphatic carbocycles. The third-order valence-electron chi connectivity index (χ3n) is 3.49. The molecular weight excluding hydrogens is 230 g/mol. The summed E-state index contributed by atoms with van der Waals surface area (Å²) in [6, 6.07) is 3.48. The number of hydrogen-bond acceptors (Lipinski definition) is 4. The maximum absolute atomic E-state index is 11.2. The van der Waals surface area contributed by atoms with Gasteiger partial charge in [-0.15, -0.1) is 0 Å². The molecule has 100 valence electrons. The van der Waals surface area contributed by atoms with Gasteiger partial charge in [-0.3, -0.25) is 15.1 Å². The Labute approximate surface area is 107 Å². The van der Waals surface area contributed by atoms with E-state index in [2.05, 4.69) is 17.4 Å². The Morgan fingerprint density at radius 3 is 2.89 bits per heavy atom. The van der Waals surface area contributed by atoms with Crippen molar-refractivity contribution in [3.63, 3.8) is 0 Å². The molecule has 3 N–H and O–H groups in total. The third kappa shape index (κ3) is 3.34. The van der Waals surface area contributed by atoms with Gasteiger partial charge in [0, 0.05) is 6.54 Å². The van der Waals surface area contributed by atoms with E-state index in [-0.39, 0.29) is 11.7 Å². The molecule has 5 nitrogen and oxygen atoms in total. The van der Waals surface area contributed by atoms with E-state index >= 15 is 0 Å². The van der Waals surface area contributed by atoms with E-state index in [1.165, 1.54) is 25.7 Å². The Morgan fingerprint density at radius 1 is 1.50 bits per heavy atom. The number of carbonyl (C=O) groups excluding carboxylic acids is 1. The largest absolute Gasteiger partial charge is 0.455 e. The maximum Gasteiger partial charge on any atom is 0.300 e. The molecule has 1 aromatic heterocycles. The van der Waals surface area contributed by atoms with Gasteiger partial charge in [0.05, 0.1) is 6.54 Å². The van der Waals surface area contributed by atoms with Crippen LogP contribution in [0.5, 0.6) is 0 Å². The minimum atomic E-state index is -0.389. The van der Waals surface area contributed by atoms with Crippen molar-refractivity contribution < 1.29 is 9.21 Å². The molecule has 1 saturated carbocycles. The lowest BCUT2D eigenvalue weighted by atomic mass is 10.1. The number of nitrogens with two attached hydrogens (primary N) is 1. The molecule has 0 atom stereocenters. The highest BCUT2D eigenvalue weighted by atomic mass is 16.4. The molecule has 0 aliphatic heterocycles. The molecule has 1 fully saturated rings. The van der Waals surface area contributed by atoms with Gasteiger partial charge < -0.3 is 4.42 Å². The van der Waals surface area contributed by atoms with Gasteiger partial charge in [-0.2, -0.15) is 0 Å². The molecule has 0 unspecified atom stereocenters. The van der Waals surface area contributed by atoms with Crippen LogP contribution in [-0.2, 0) is 6.54 Å². The first-order valence-corrected chi connectivity index (χ1v) is 6.47. The fourth-order valence-electron chi connectivity index (χ4n) is 2.62. The predicted molar refractivity (Wildman–Crippen MR) is 68.7 cm³/mol. The van der Waals surface area contributed by atoms with Crippen molar-refractivity contribution in [2.75, 3.05) is 13.6 Å². The van der Waals surface area contributed by atoms with E-state index in [0.717, 1.165) is 24.8 Å². The van der Waals surface area contributed by atoms with Gasteiger partial charge in [0.1, 0.15) is 5.76 Å². The molecule has 5 heteroatoms. The molecule has 0 bridgehead atoms. The molecule has 0 radical (unpaired) electrons. The number of hydrazine groups is 1. The lowest BCUT2D eigenvalue weighted by Gasteiger charge is -2.19. The van der Waals surface area contributed by atoms with Crippen LogP contribution in [-0.4, -0.2) is 24.4 Å². The van der Waals surface area contributed by atoms with Crippen LogP contribution in [0.4, 0.5) is 0 Å². The SMILES string of the molecule is CN(Cc1ccc(C(=O)NN)o1)CC1CCCC1. The molecule has 1 aromatic rings. The number of hydrogen-bond donors (Lipinski definition) is 2. The number of amides is 1. The summed E-state index contributed by atoms with van der Waals surface area (Å²) < 4.78 is 5.44. The number of rotatable bonds is 5. The summed E-state index contributed by atoms with van der Waals surface area (Å²) in [5.74, 6) is 6.55. The van der Waals surface area contributed by atoms with Crippen LogP contribution < -0.4 is 11.3 Å². The van der Waals surface area contributed by atoms with Gasteiger partial charge >= 0.3 is 5.91 Å². The second kappa shape index (κ2) is 6.02. The Balaban J connectivity index is 1.84. The van der Waals surface area contributed by atoms with E-state index in [0.29, 0.717) is 0 Å². The second-order valence-corrected chi connectivity index (χ2v) is 5.09. The van der Waals surface area contributed by atoms with Gasteiger partial charge in [0.25, 0.3) is 0 Å². The van der Waals surface area contributed by atoms with Crippen molar-refractivity contribution in [2.24, 2.45) is 11.8 Å². The van der Waals surface area contributed by atoms with Crippen molar-refractivity contribution in [2.45, 2.75) is 32.2 Å². The summed E-state index contributed by atoms with van der Waals surface area (Å²) in [6.07, 6.45) is 5.40. The summed E-state index contributed by atoms with van der Waals surface area (Å²) in [7, 11) is 2.09. The summed E-state index contributed by atoms with van der Waals surface area (Å²) in [5.41, 5.74) is 2.06. The Bertz CT molecular complexity index is 397. The first kappa shape index (κ1) is 13.1. The fraction of sp³-hybridized carbons (Fsp3) is 0.615. The number of furan rings is 1. The Kier molecular flexibility index (Phi) is 4.38. The lowest BCUT2D eigenvalue weighted by molar-refractivity contribution is 0.0922. The number of nitrogens with one attached hydrogen (secondary N) is 1. The molecule has 18 heavy (non-hydrogen) atoms. The van der Waals surface area contributed by atoms with Crippen molar-refractivity contribution >= 4 is 5.91 Å². The van der Waals surface area contributed by atoms with Gasteiger partial charge in [-0.25, -0.2) is 5.84 Å². The standard InChI is InChI=1S/C13H21N3O2/c1-16(8-10-4-2-3-5-10)9-11-6-7-12(18-11)13(17)15-14/h6-7,10H,2-5,8-9,14H2,1H3,(H,15,17). The average Bonchev–Trinajstić information content (AvgIpc) is 2.99. The molecule has 0 spiro atoms. The van der Waals surface area contributed by atoms with Crippen molar-refractivity contribution in [1.82, 2.24) is 10.3 Å². The van der Waals surface area contributed by atoms with Crippen molar-refractivity contribution in [3.05, 3.63) is 23.7 Å². The van der Waals surface area contributed by atoms with Gasteiger partial charge in [0.2, 0.25) is 0 Å². The van der Waals surface area contributed by atoms with Crippen LogP contribution in [0.1, 0.15) is 42.0 Å². The fourth-order valence-corrected chi connectivity index (χ4v) is 2.62. The molecule has 1 heterocycles. The lowest BCUT2D eigenvalue weighted by Crippen LogP contribution is -2.29. The van der Waals surface area contributed by atoms with Gasteiger partial charge in [0.15, 0.2) is 5.76 Å². The quantitative estimate of drug-likeness (QED) is 0.472. The average molecular weight is 251 g/mol. The van der Waals surface area contributed by atoms with Crippen LogP contribution in [0.15, 0.2) is 16.5 Å². The number of nitrogen functional groups attached to an aromatic ring is 1. The molecule has 0 aromatic carbocycles. The highest BCUT2D eigenvalue weighted by molar-refractivity contribution is 5.90. The molecule has 0 saturated heterocycles. The van der Waals surface area contributed by atoms with Crippen molar-refractivity contribution in [3.8, 4) is 0 Å². The minimum Gasteiger partial charge on any atom is -0.455 e. The van der Waals surface area contributed by atoms with Crippen molar-refractivity contribution in [1.29, 1.82) is 0 Å². The van der Waals surface area contributed by atoms with E-state index in [1.807, 2.05) is 6.07 Å². The van der Waals surface area contributed by atoms with E-state index in [1.54, 1.807) is 6.07 Å². The monoisotopic (exact) mass is 251 g/mol. The third-order valence-corrected chi connectivity index (χ3v) is 3.49. The normalized spacial score (nSPS) is 16.4. The highest BCUT2D eigenvalue weighted by Gasteiger charge is 2.17. The number of nitrogens with zero attached hydrogens (tertiary/aromatic N) is 1. The van der Waals surface area contributed by atoms with Crippen LogP contribution in [0, 0.1) is 5.92 Å². The molecule has 2 rings (SSSR count). The maximum atomic E-state index is 11.2. The Hall–Kier alpha value is -1.33. The van der Waals surface area contributed by atoms with Crippen LogP contribution in [0.25, 0.3) is 0 Å². The zero-order valence-electron chi connectivity index (χ0n) is 10.8. The smallest absolute Gasteiger partial charge is 0.300 e. The summed E-state index contributed by atoms with van der Waals surface area (Å²) in [4.78, 5) is 13.5. The van der Waals surface area contributed by atoms with Crippen LogP contribution >= 0.6 is 0 Å². The van der Waals surface area contributed by atoms with Crippen LogP contribution in [0.2, 0.25) is 0 Å². The summed E-state index contributed by atoms with van der Waals surface area (Å²) in [5, 5.41) is 0. The predicted octanol–water partition coefficient (Wildman–Crippen LogP) is 1.51. The van der Waals surface area contributed by atoms with E-state index in [9.17, 15) is 4.79 Å². The first-order valence-electron chi connectivity index (χ1n) is 6.47. The molecular formula is C13H21N3O2. The summed E-state index contributed by atoms with van der Waals surface area (Å²) >= 11 is 0.